The molecule has 1 N–H and O–H groups in total. The van der Waals surface area contributed by atoms with Crippen molar-refractivity contribution in [3.63, 3.8) is 0 Å². The van der Waals surface area contributed by atoms with Crippen LogP contribution in [-0.2, 0) is 4.79 Å². The molecule has 0 aliphatic carbocycles. The monoisotopic (exact) mass is 360 g/mol. The molecule has 8 heteroatoms. The van der Waals surface area contributed by atoms with E-state index in [-0.39, 0.29) is 18.4 Å². The number of hydrogen-bond acceptors (Lipinski definition) is 5. The number of anilines is 1. The summed E-state index contributed by atoms with van der Waals surface area (Å²) in [5.41, 5.74) is 4.15. The fourth-order valence-corrected chi connectivity index (χ4v) is 3.05. The van der Waals surface area contributed by atoms with E-state index >= 15 is 0 Å². The zero-order valence-corrected chi connectivity index (χ0v) is 14.6. The van der Waals surface area contributed by atoms with Crippen molar-refractivity contribution in [2.24, 2.45) is 0 Å². The van der Waals surface area contributed by atoms with Gasteiger partial charge in [0.25, 0.3) is 5.91 Å². The summed E-state index contributed by atoms with van der Waals surface area (Å²) in [7, 11) is 0. The Bertz CT molecular complexity index is 1020. The predicted octanol–water partition coefficient (Wildman–Crippen LogP) is 2.04. The Kier molecular flexibility index (Phi) is 4.00. The summed E-state index contributed by atoms with van der Waals surface area (Å²) >= 11 is 0. The van der Waals surface area contributed by atoms with Crippen LogP contribution < -0.4 is 5.32 Å². The Balaban J connectivity index is 1.50. The van der Waals surface area contributed by atoms with Gasteiger partial charge in [-0.2, -0.15) is 0 Å². The minimum atomic E-state index is -0.316. The van der Waals surface area contributed by atoms with E-state index in [2.05, 4.69) is 27.4 Å². The molecular weight excluding hydrogens is 344 g/mol. The molecule has 0 saturated carbocycles. The standard InChI is InChI=1S/C19H16N6O2/c1-12-7-8-14(9-17(12)25-11-20-22-23-25)21-18(26)10-24-13(2)15-5-3-4-6-16(15)19(24)27/h3-9,11H,2,10H2,1H3,(H,21,26). The maximum atomic E-state index is 12.5. The van der Waals surface area contributed by atoms with E-state index in [0.29, 0.717) is 16.9 Å². The van der Waals surface area contributed by atoms with Crippen molar-refractivity contribution >= 4 is 23.2 Å². The van der Waals surface area contributed by atoms with Gasteiger partial charge in [0.2, 0.25) is 5.91 Å². The van der Waals surface area contributed by atoms with Crippen molar-refractivity contribution in [1.82, 2.24) is 25.1 Å². The second kappa shape index (κ2) is 6.49. The maximum absolute atomic E-state index is 12.5. The van der Waals surface area contributed by atoms with Gasteiger partial charge in [-0.25, -0.2) is 4.68 Å². The highest BCUT2D eigenvalue weighted by molar-refractivity contribution is 6.11. The van der Waals surface area contributed by atoms with Gasteiger partial charge in [0, 0.05) is 22.5 Å². The molecule has 2 amide bonds. The second-order valence-electron chi connectivity index (χ2n) is 6.19. The summed E-state index contributed by atoms with van der Waals surface area (Å²) in [5, 5.41) is 13.9. The van der Waals surface area contributed by atoms with Gasteiger partial charge in [-0.3, -0.25) is 14.5 Å². The summed E-state index contributed by atoms with van der Waals surface area (Å²) < 4.78 is 1.52. The molecule has 0 saturated heterocycles. The molecule has 27 heavy (non-hydrogen) atoms. The third-order valence-electron chi connectivity index (χ3n) is 4.43. The molecule has 3 aromatic rings. The third-order valence-corrected chi connectivity index (χ3v) is 4.43. The van der Waals surface area contributed by atoms with Crippen LogP contribution in [0, 0.1) is 6.92 Å². The summed E-state index contributed by atoms with van der Waals surface area (Å²) in [6, 6.07) is 12.6. The molecule has 0 unspecified atom stereocenters. The lowest BCUT2D eigenvalue weighted by molar-refractivity contribution is -0.116. The van der Waals surface area contributed by atoms with Gasteiger partial charge in [0.15, 0.2) is 0 Å². The van der Waals surface area contributed by atoms with E-state index in [9.17, 15) is 9.59 Å². The highest BCUT2D eigenvalue weighted by Gasteiger charge is 2.31. The van der Waals surface area contributed by atoms with Crippen LogP contribution in [0.5, 0.6) is 0 Å². The van der Waals surface area contributed by atoms with Gasteiger partial charge in [0.1, 0.15) is 12.9 Å². The summed E-state index contributed by atoms with van der Waals surface area (Å²) in [4.78, 5) is 26.4. The van der Waals surface area contributed by atoms with Crippen molar-refractivity contribution < 1.29 is 9.59 Å². The van der Waals surface area contributed by atoms with Crippen molar-refractivity contribution in [2.75, 3.05) is 11.9 Å². The number of carbonyl (C=O) groups is 2. The Morgan fingerprint density at radius 1 is 1.19 bits per heavy atom. The van der Waals surface area contributed by atoms with Gasteiger partial charge in [0.05, 0.1) is 5.69 Å². The zero-order chi connectivity index (χ0) is 19.0. The largest absolute Gasteiger partial charge is 0.324 e. The topological polar surface area (TPSA) is 93.0 Å². The lowest BCUT2D eigenvalue weighted by Gasteiger charge is -2.17. The lowest BCUT2D eigenvalue weighted by atomic mass is 10.1. The van der Waals surface area contributed by atoms with Gasteiger partial charge in [-0.05, 0) is 41.1 Å². The highest BCUT2D eigenvalue weighted by Crippen LogP contribution is 2.30. The summed E-state index contributed by atoms with van der Waals surface area (Å²) in [5.74, 6) is -0.534. The molecular formula is C19H16N6O2. The molecule has 134 valence electrons. The van der Waals surface area contributed by atoms with Crippen LogP contribution in [0.2, 0.25) is 0 Å². The number of aromatic nitrogens is 4. The van der Waals surface area contributed by atoms with Crippen molar-refractivity contribution in [3.05, 3.63) is 72.1 Å². The molecule has 0 radical (unpaired) electrons. The van der Waals surface area contributed by atoms with Crippen molar-refractivity contribution in [3.8, 4) is 5.69 Å². The van der Waals surface area contributed by atoms with Crippen LogP contribution in [0.1, 0.15) is 21.5 Å². The predicted molar refractivity (Wildman–Crippen MR) is 99.0 cm³/mol. The fraction of sp³-hybridized carbons (Fsp3) is 0.105. The fourth-order valence-electron chi connectivity index (χ4n) is 3.05. The summed E-state index contributed by atoms with van der Waals surface area (Å²) in [6.45, 7) is 5.76. The molecule has 8 nitrogen and oxygen atoms in total. The lowest BCUT2D eigenvalue weighted by Crippen LogP contribution is -2.32. The van der Waals surface area contributed by atoms with E-state index in [1.165, 1.54) is 15.9 Å². The van der Waals surface area contributed by atoms with E-state index in [0.717, 1.165) is 16.8 Å². The minimum absolute atomic E-state index is 0.111. The van der Waals surface area contributed by atoms with Gasteiger partial charge in [-0.1, -0.05) is 30.8 Å². The molecule has 2 heterocycles. The number of tetrazole rings is 1. The molecule has 1 aliphatic heterocycles. The van der Waals surface area contributed by atoms with Gasteiger partial charge < -0.3 is 5.32 Å². The number of nitrogens with one attached hydrogen (secondary N) is 1. The molecule has 1 aromatic heterocycles. The molecule has 0 atom stereocenters. The highest BCUT2D eigenvalue weighted by atomic mass is 16.2. The van der Waals surface area contributed by atoms with Crippen molar-refractivity contribution in [2.45, 2.75) is 6.92 Å². The maximum Gasteiger partial charge on any atom is 0.259 e. The minimum Gasteiger partial charge on any atom is -0.324 e. The van der Waals surface area contributed by atoms with Crippen LogP contribution in [0.4, 0.5) is 5.69 Å². The van der Waals surface area contributed by atoms with E-state index in [1.54, 1.807) is 24.3 Å². The number of hydrogen-bond donors (Lipinski definition) is 1. The first kappa shape index (κ1) is 16.6. The second-order valence-corrected chi connectivity index (χ2v) is 6.19. The van der Waals surface area contributed by atoms with E-state index in [1.807, 2.05) is 25.1 Å². The first-order chi connectivity index (χ1) is 13.0. The van der Waals surface area contributed by atoms with Crippen LogP contribution in [0.15, 0.2) is 55.4 Å². The van der Waals surface area contributed by atoms with E-state index in [4.69, 9.17) is 0 Å². The third kappa shape index (κ3) is 2.97. The number of carbonyl (C=O) groups excluding carboxylic acids is 2. The Hall–Kier alpha value is -3.81. The average Bonchev–Trinajstić information content (AvgIpc) is 3.28. The summed E-state index contributed by atoms with van der Waals surface area (Å²) in [6.07, 6.45) is 1.48. The number of fused-ring (bicyclic) bond motifs is 1. The van der Waals surface area contributed by atoms with Crippen LogP contribution in [0.3, 0.4) is 0 Å². The van der Waals surface area contributed by atoms with E-state index < -0.39 is 0 Å². The van der Waals surface area contributed by atoms with Gasteiger partial charge in [-0.15, -0.1) is 5.10 Å². The molecule has 4 rings (SSSR count). The number of rotatable bonds is 4. The smallest absolute Gasteiger partial charge is 0.259 e. The first-order valence-corrected chi connectivity index (χ1v) is 8.28. The van der Waals surface area contributed by atoms with Gasteiger partial charge >= 0.3 is 0 Å². The number of amides is 2. The number of aryl methyl sites for hydroxylation is 1. The Morgan fingerprint density at radius 2 is 1.96 bits per heavy atom. The Labute approximate surface area is 155 Å². The molecule has 0 spiro atoms. The van der Waals surface area contributed by atoms with Crippen LogP contribution >= 0.6 is 0 Å². The molecule has 2 aromatic carbocycles. The average molecular weight is 360 g/mol. The molecule has 1 aliphatic rings. The van der Waals surface area contributed by atoms with Crippen LogP contribution in [0.25, 0.3) is 11.4 Å². The van der Waals surface area contributed by atoms with Crippen LogP contribution in [-0.4, -0.2) is 43.5 Å². The zero-order valence-electron chi connectivity index (χ0n) is 14.6. The quantitative estimate of drug-likeness (QED) is 0.768. The SMILES string of the molecule is C=C1c2ccccc2C(=O)N1CC(=O)Nc1ccc(C)c(-n2cnnn2)c1. The number of benzene rings is 2. The molecule has 0 fully saturated rings. The Morgan fingerprint density at radius 3 is 2.67 bits per heavy atom. The first-order valence-electron chi connectivity index (χ1n) is 8.28. The number of nitrogens with zero attached hydrogens (tertiary/aromatic N) is 5. The normalized spacial score (nSPS) is 13.0. The molecule has 0 bridgehead atoms. The van der Waals surface area contributed by atoms with Crippen molar-refractivity contribution in [1.29, 1.82) is 0 Å².